The molecule has 7 heteroatoms. The van der Waals surface area contributed by atoms with E-state index >= 15 is 0 Å². The van der Waals surface area contributed by atoms with Gasteiger partial charge in [-0.15, -0.1) is 0 Å². The first-order chi connectivity index (χ1) is 8.90. The van der Waals surface area contributed by atoms with Crippen molar-refractivity contribution in [2.45, 2.75) is 19.5 Å². The zero-order valence-electron chi connectivity index (χ0n) is 10.3. The van der Waals surface area contributed by atoms with Crippen LogP contribution in [0.15, 0.2) is 24.3 Å². The monoisotopic (exact) mass is 265 g/mol. The second-order valence-corrected chi connectivity index (χ2v) is 3.96. The van der Waals surface area contributed by atoms with Crippen LogP contribution in [0.3, 0.4) is 0 Å². The lowest BCUT2D eigenvalue weighted by Gasteiger charge is -2.11. The van der Waals surface area contributed by atoms with E-state index in [2.05, 4.69) is 10.6 Å². The summed E-state index contributed by atoms with van der Waals surface area (Å²) < 4.78 is 0. The van der Waals surface area contributed by atoms with Gasteiger partial charge >= 0.3 is 12.0 Å². The average Bonchev–Trinajstić information content (AvgIpc) is 2.36. The molecule has 7 nitrogen and oxygen atoms in total. The molecule has 0 saturated carbocycles. The van der Waals surface area contributed by atoms with E-state index in [0.29, 0.717) is 5.56 Å². The van der Waals surface area contributed by atoms with Crippen LogP contribution < -0.4 is 16.4 Å². The van der Waals surface area contributed by atoms with E-state index in [9.17, 15) is 14.4 Å². The van der Waals surface area contributed by atoms with Gasteiger partial charge in [-0.25, -0.2) is 9.59 Å². The summed E-state index contributed by atoms with van der Waals surface area (Å²) in [6.07, 6.45) is 0. The number of hydrogen-bond acceptors (Lipinski definition) is 3. The minimum atomic E-state index is -1.03. The molecule has 5 N–H and O–H groups in total. The van der Waals surface area contributed by atoms with Gasteiger partial charge < -0.3 is 21.5 Å². The smallest absolute Gasteiger partial charge is 0.335 e. The molecule has 19 heavy (non-hydrogen) atoms. The summed E-state index contributed by atoms with van der Waals surface area (Å²) in [6, 6.07) is 4.87. The van der Waals surface area contributed by atoms with Gasteiger partial charge in [-0.05, 0) is 24.6 Å². The molecule has 0 heterocycles. The fourth-order valence-electron chi connectivity index (χ4n) is 1.32. The molecule has 0 spiro atoms. The highest BCUT2D eigenvalue weighted by Crippen LogP contribution is 2.04. The minimum Gasteiger partial charge on any atom is -0.478 e. The van der Waals surface area contributed by atoms with Crippen LogP contribution in [0, 0.1) is 0 Å². The lowest BCUT2D eigenvalue weighted by Crippen LogP contribution is -2.46. The molecule has 1 atom stereocenters. The number of nitrogens with one attached hydrogen (secondary N) is 2. The molecule has 0 saturated heterocycles. The Morgan fingerprint density at radius 2 is 2.05 bits per heavy atom. The van der Waals surface area contributed by atoms with E-state index in [0.717, 1.165) is 0 Å². The van der Waals surface area contributed by atoms with Crippen LogP contribution in [-0.2, 0) is 11.3 Å². The second kappa shape index (κ2) is 6.39. The summed E-state index contributed by atoms with van der Waals surface area (Å²) in [7, 11) is 0. The highest BCUT2D eigenvalue weighted by atomic mass is 16.4. The standard InChI is InChI=1S/C12H15N3O4/c1-7(10(13)16)15-12(19)14-6-8-3-2-4-9(5-8)11(17)18/h2-5,7H,6H2,1H3,(H2,13,16)(H,17,18)(H2,14,15,19). The van der Waals surface area contributed by atoms with Gasteiger partial charge in [-0.2, -0.15) is 0 Å². The molecule has 0 aliphatic rings. The van der Waals surface area contributed by atoms with Gasteiger partial charge in [0.05, 0.1) is 5.56 Å². The van der Waals surface area contributed by atoms with Gasteiger partial charge in [-0.3, -0.25) is 4.79 Å². The van der Waals surface area contributed by atoms with Gasteiger partial charge in [-0.1, -0.05) is 12.1 Å². The fraction of sp³-hybridized carbons (Fsp3) is 0.250. The largest absolute Gasteiger partial charge is 0.478 e. The molecule has 0 aromatic heterocycles. The van der Waals surface area contributed by atoms with E-state index in [-0.39, 0.29) is 12.1 Å². The van der Waals surface area contributed by atoms with E-state index < -0.39 is 23.9 Å². The number of aromatic carboxylic acids is 1. The van der Waals surface area contributed by atoms with Gasteiger partial charge in [0, 0.05) is 6.54 Å². The van der Waals surface area contributed by atoms with Crippen LogP contribution in [-0.4, -0.2) is 29.1 Å². The zero-order chi connectivity index (χ0) is 14.4. The number of hydrogen-bond donors (Lipinski definition) is 4. The number of carboxylic acids is 1. The Kier molecular flexibility index (Phi) is 4.87. The number of nitrogens with two attached hydrogens (primary N) is 1. The van der Waals surface area contributed by atoms with E-state index in [1.54, 1.807) is 12.1 Å². The van der Waals surface area contributed by atoms with Crippen molar-refractivity contribution >= 4 is 17.9 Å². The average molecular weight is 265 g/mol. The zero-order valence-corrected chi connectivity index (χ0v) is 10.3. The predicted octanol–water partition coefficient (Wildman–Crippen LogP) is 0.0578. The molecule has 0 radical (unpaired) electrons. The molecule has 0 bridgehead atoms. The number of primary amides is 1. The van der Waals surface area contributed by atoms with Crippen LogP contribution in [0.2, 0.25) is 0 Å². The SMILES string of the molecule is CC(NC(=O)NCc1cccc(C(=O)O)c1)C(N)=O. The maximum atomic E-state index is 11.4. The Labute approximate surface area is 109 Å². The third-order valence-corrected chi connectivity index (χ3v) is 2.40. The minimum absolute atomic E-state index is 0.144. The summed E-state index contributed by atoms with van der Waals surface area (Å²) in [4.78, 5) is 32.9. The van der Waals surface area contributed by atoms with Crippen LogP contribution in [0.5, 0.6) is 0 Å². The molecule has 0 aliphatic carbocycles. The molecular formula is C12H15N3O4. The quantitative estimate of drug-likeness (QED) is 0.601. The lowest BCUT2D eigenvalue weighted by atomic mass is 10.1. The molecule has 102 valence electrons. The lowest BCUT2D eigenvalue weighted by molar-refractivity contribution is -0.119. The topological polar surface area (TPSA) is 122 Å². The van der Waals surface area contributed by atoms with Crippen LogP contribution in [0.4, 0.5) is 4.79 Å². The van der Waals surface area contributed by atoms with Crippen molar-refractivity contribution in [2.75, 3.05) is 0 Å². The normalized spacial score (nSPS) is 11.4. The molecule has 1 rings (SSSR count). The van der Waals surface area contributed by atoms with Gasteiger partial charge in [0.25, 0.3) is 0 Å². The van der Waals surface area contributed by atoms with Crippen molar-refractivity contribution in [1.82, 2.24) is 10.6 Å². The molecular weight excluding hydrogens is 250 g/mol. The fourth-order valence-corrected chi connectivity index (χ4v) is 1.32. The summed E-state index contributed by atoms with van der Waals surface area (Å²) in [6.45, 7) is 1.62. The third-order valence-electron chi connectivity index (χ3n) is 2.40. The van der Waals surface area contributed by atoms with Crippen molar-refractivity contribution in [3.8, 4) is 0 Å². The Bertz CT molecular complexity index is 502. The molecule has 3 amide bonds. The summed E-state index contributed by atoms with van der Waals surface area (Å²) in [5.74, 6) is -1.67. The van der Waals surface area contributed by atoms with Gasteiger partial charge in [0.2, 0.25) is 5.91 Å². The van der Waals surface area contributed by atoms with Gasteiger partial charge in [0.1, 0.15) is 6.04 Å². The number of benzene rings is 1. The number of carboxylic acid groups (broad SMARTS) is 1. The Balaban J connectivity index is 2.53. The molecule has 0 fully saturated rings. The first kappa shape index (κ1) is 14.5. The highest BCUT2D eigenvalue weighted by molar-refractivity contribution is 5.88. The molecule has 1 aromatic rings. The van der Waals surface area contributed by atoms with E-state index in [4.69, 9.17) is 10.8 Å². The Morgan fingerprint density at radius 1 is 1.37 bits per heavy atom. The predicted molar refractivity (Wildman–Crippen MR) is 67.4 cm³/mol. The van der Waals surface area contributed by atoms with Gasteiger partial charge in [0.15, 0.2) is 0 Å². The Morgan fingerprint density at radius 3 is 2.63 bits per heavy atom. The first-order valence-electron chi connectivity index (χ1n) is 5.56. The van der Waals surface area contributed by atoms with Crippen molar-refractivity contribution in [3.05, 3.63) is 35.4 Å². The summed E-state index contributed by atoms with van der Waals surface area (Å²) >= 11 is 0. The number of rotatable bonds is 5. The second-order valence-electron chi connectivity index (χ2n) is 3.96. The van der Waals surface area contributed by atoms with Crippen molar-refractivity contribution in [1.29, 1.82) is 0 Å². The van der Waals surface area contributed by atoms with Crippen molar-refractivity contribution < 1.29 is 19.5 Å². The maximum Gasteiger partial charge on any atom is 0.335 e. The van der Waals surface area contributed by atoms with Crippen molar-refractivity contribution in [3.63, 3.8) is 0 Å². The number of carbonyl (C=O) groups excluding carboxylic acids is 2. The molecule has 1 unspecified atom stereocenters. The summed E-state index contributed by atoms with van der Waals surface area (Å²) in [5, 5.41) is 13.7. The molecule has 1 aromatic carbocycles. The highest BCUT2D eigenvalue weighted by Gasteiger charge is 2.11. The number of carbonyl (C=O) groups is 3. The van der Waals surface area contributed by atoms with Crippen LogP contribution in [0.1, 0.15) is 22.8 Å². The van der Waals surface area contributed by atoms with Crippen LogP contribution >= 0.6 is 0 Å². The third kappa shape index (κ3) is 4.66. The maximum absolute atomic E-state index is 11.4. The molecule has 0 aliphatic heterocycles. The first-order valence-corrected chi connectivity index (χ1v) is 5.56. The number of amides is 3. The van der Waals surface area contributed by atoms with E-state index in [1.165, 1.54) is 19.1 Å². The van der Waals surface area contributed by atoms with Crippen LogP contribution in [0.25, 0.3) is 0 Å². The Hall–Kier alpha value is -2.57. The summed E-state index contributed by atoms with van der Waals surface area (Å²) in [5.41, 5.74) is 5.78. The van der Waals surface area contributed by atoms with Crippen molar-refractivity contribution in [2.24, 2.45) is 5.73 Å². The number of urea groups is 1. The van der Waals surface area contributed by atoms with E-state index in [1.807, 2.05) is 0 Å².